The van der Waals surface area contributed by atoms with Gasteiger partial charge in [0.1, 0.15) is 0 Å². The lowest BCUT2D eigenvalue weighted by Crippen LogP contribution is -2.07. The Kier molecular flexibility index (Phi) is 7.33. The van der Waals surface area contributed by atoms with Crippen LogP contribution in [0.3, 0.4) is 0 Å². The lowest BCUT2D eigenvalue weighted by Gasteiger charge is -2.03. The van der Waals surface area contributed by atoms with Crippen LogP contribution in [-0.2, 0) is 9.53 Å². The van der Waals surface area contributed by atoms with Gasteiger partial charge >= 0.3 is 5.97 Å². The third kappa shape index (κ3) is 6.72. The molecular weight excluding hydrogens is 188 g/mol. The van der Waals surface area contributed by atoms with E-state index in [9.17, 15) is 4.79 Å². The highest BCUT2D eigenvalue weighted by Gasteiger charge is 2.05. The van der Waals surface area contributed by atoms with E-state index in [0.717, 1.165) is 18.4 Å². The smallest absolute Gasteiger partial charge is 0.337 e. The Morgan fingerprint density at radius 2 is 2.07 bits per heavy atom. The Labute approximate surface area is 92.3 Å². The molecule has 0 amide bonds. The largest absolute Gasteiger partial charge is 0.462 e. The Bertz CT molecular complexity index is 272. The van der Waals surface area contributed by atoms with Gasteiger partial charge in [-0.05, 0) is 26.3 Å². The summed E-state index contributed by atoms with van der Waals surface area (Å²) in [6.07, 6.45) is 7.22. The van der Waals surface area contributed by atoms with E-state index in [1.165, 1.54) is 0 Å². The van der Waals surface area contributed by atoms with Crippen LogP contribution in [0.4, 0.5) is 0 Å². The summed E-state index contributed by atoms with van der Waals surface area (Å²) in [6, 6.07) is 0. The molecule has 0 spiro atoms. The second-order valence-corrected chi connectivity index (χ2v) is 3.41. The van der Waals surface area contributed by atoms with Crippen molar-refractivity contribution in [3.05, 3.63) is 36.0 Å². The van der Waals surface area contributed by atoms with Gasteiger partial charge in [0.15, 0.2) is 0 Å². The third-order valence-corrected chi connectivity index (χ3v) is 1.83. The van der Waals surface area contributed by atoms with E-state index in [1.54, 1.807) is 18.2 Å². The van der Waals surface area contributed by atoms with Crippen molar-refractivity contribution in [2.45, 2.75) is 33.6 Å². The van der Waals surface area contributed by atoms with E-state index in [1.807, 2.05) is 13.8 Å². The van der Waals surface area contributed by atoms with Crippen LogP contribution in [0.5, 0.6) is 0 Å². The first kappa shape index (κ1) is 13.7. The van der Waals surface area contributed by atoms with Gasteiger partial charge in [0.2, 0.25) is 0 Å². The molecule has 0 aliphatic carbocycles. The highest BCUT2D eigenvalue weighted by atomic mass is 16.5. The summed E-state index contributed by atoms with van der Waals surface area (Å²) < 4.78 is 5.08. The van der Waals surface area contributed by atoms with Crippen LogP contribution >= 0.6 is 0 Å². The summed E-state index contributed by atoms with van der Waals surface area (Å²) in [4.78, 5) is 11.5. The van der Waals surface area contributed by atoms with Crippen molar-refractivity contribution >= 4 is 5.97 Å². The average Bonchev–Trinajstić information content (AvgIpc) is 2.18. The zero-order valence-corrected chi connectivity index (χ0v) is 9.88. The van der Waals surface area contributed by atoms with Gasteiger partial charge in [0, 0.05) is 0 Å². The molecule has 2 nitrogen and oxygen atoms in total. The van der Waals surface area contributed by atoms with Crippen LogP contribution in [-0.4, -0.2) is 12.6 Å². The molecule has 0 aromatic carbocycles. The van der Waals surface area contributed by atoms with Gasteiger partial charge in [-0.15, -0.1) is 0 Å². The summed E-state index contributed by atoms with van der Waals surface area (Å²) >= 11 is 0. The Balaban J connectivity index is 4.18. The molecule has 0 atom stereocenters. The number of hydrogen-bond donors (Lipinski definition) is 0. The first-order valence-corrected chi connectivity index (χ1v) is 5.28. The first-order valence-electron chi connectivity index (χ1n) is 5.28. The minimum atomic E-state index is -0.261. The van der Waals surface area contributed by atoms with Crippen LogP contribution < -0.4 is 0 Å². The van der Waals surface area contributed by atoms with Crippen molar-refractivity contribution < 1.29 is 9.53 Å². The molecule has 0 aliphatic rings. The van der Waals surface area contributed by atoms with Gasteiger partial charge in [-0.25, -0.2) is 4.79 Å². The molecule has 0 aromatic rings. The maximum atomic E-state index is 11.5. The SMILES string of the molecule is C=C(C)C=CC(=CC)C(=O)OCCCC. The van der Waals surface area contributed by atoms with Crippen LogP contribution in [0, 0.1) is 0 Å². The number of allylic oxidation sites excluding steroid dienone is 3. The predicted molar refractivity (Wildman–Crippen MR) is 63.6 cm³/mol. The van der Waals surface area contributed by atoms with E-state index in [4.69, 9.17) is 4.74 Å². The molecule has 0 aliphatic heterocycles. The Morgan fingerprint density at radius 1 is 1.40 bits per heavy atom. The standard InChI is InChI=1S/C13H20O2/c1-5-7-10-15-13(14)12(6-2)9-8-11(3)4/h6,8-9H,3,5,7,10H2,1-2,4H3. The van der Waals surface area contributed by atoms with Gasteiger partial charge in [0.05, 0.1) is 12.2 Å². The number of carbonyl (C=O) groups is 1. The number of carbonyl (C=O) groups excluding carboxylic acids is 1. The van der Waals surface area contributed by atoms with Crippen LogP contribution in [0.1, 0.15) is 33.6 Å². The first-order chi connectivity index (χ1) is 7.11. The molecule has 0 bridgehead atoms. The van der Waals surface area contributed by atoms with E-state index in [-0.39, 0.29) is 5.97 Å². The fraction of sp³-hybridized carbons (Fsp3) is 0.462. The molecule has 0 radical (unpaired) electrons. The quantitative estimate of drug-likeness (QED) is 0.289. The van der Waals surface area contributed by atoms with Crippen molar-refractivity contribution in [1.29, 1.82) is 0 Å². The average molecular weight is 208 g/mol. The summed E-state index contributed by atoms with van der Waals surface area (Å²) in [7, 11) is 0. The minimum Gasteiger partial charge on any atom is -0.462 e. The lowest BCUT2D eigenvalue weighted by atomic mass is 10.2. The topological polar surface area (TPSA) is 26.3 Å². The number of ether oxygens (including phenoxy) is 1. The van der Waals surface area contributed by atoms with Gasteiger partial charge in [-0.3, -0.25) is 0 Å². The van der Waals surface area contributed by atoms with Crippen molar-refractivity contribution in [1.82, 2.24) is 0 Å². The zero-order chi connectivity index (χ0) is 11.7. The van der Waals surface area contributed by atoms with E-state index >= 15 is 0 Å². The maximum Gasteiger partial charge on any atom is 0.337 e. The number of unbranched alkanes of at least 4 members (excludes halogenated alkanes) is 1. The van der Waals surface area contributed by atoms with Crippen molar-refractivity contribution in [3.8, 4) is 0 Å². The number of hydrogen-bond acceptors (Lipinski definition) is 2. The number of esters is 1. The predicted octanol–water partition coefficient (Wildman–Crippen LogP) is 3.41. The second-order valence-electron chi connectivity index (χ2n) is 3.41. The van der Waals surface area contributed by atoms with Crippen molar-refractivity contribution in [2.75, 3.05) is 6.61 Å². The molecule has 0 aromatic heterocycles. The van der Waals surface area contributed by atoms with Crippen LogP contribution in [0.15, 0.2) is 36.0 Å². The fourth-order valence-electron chi connectivity index (χ4n) is 0.907. The van der Waals surface area contributed by atoms with Gasteiger partial charge in [0.25, 0.3) is 0 Å². The van der Waals surface area contributed by atoms with Crippen LogP contribution in [0.2, 0.25) is 0 Å². The van der Waals surface area contributed by atoms with Gasteiger partial charge < -0.3 is 4.74 Å². The Morgan fingerprint density at radius 3 is 2.53 bits per heavy atom. The maximum absolute atomic E-state index is 11.5. The molecule has 0 N–H and O–H groups in total. The van der Waals surface area contributed by atoms with Crippen LogP contribution in [0.25, 0.3) is 0 Å². The van der Waals surface area contributed by atoms with Crippen molar-refractivity contribution in [2.24, 2.45) is 0 Å². The summed E-state index contributed by atoms with van der Waals surface area (Å²) in [5.41, 5.74) is 1.49. The Hall–Kier alpha value is -1.31. The molecule has 0 heterocycles. The summed E-state index contributed by atoms with van der Waals surface area (Å²) in [5, 5.41) is 0. The highest BCUT2D eigenvalue weighted by molar-refractivity contribution is 5.91. The highest BCUT2D eigenvalue weighted by Crippen LogP contribution is 2.03. The van der Waals surface area contributed by atoms with Crippen molar-refractivity contribution in [3.63, 3.8) is 0 Å². The fourth-order valence-corrected chi connectivity index (χ4v) is 0.907. The summed E-state index contributed by atoms with van der Waals surface area (Å²) in [5.74, 6) is -0.261. The molecule has 0 fully saturated rings. The van der Waals surface area contributed by atoms with E-state index in [2.05, 4.69) is 13.5 Å². The third-order valence-electron chi connectivity index (χ3n) is 1.83. The molecule has 0 saturated heterocycles. The molecule has 0 rings (SSSR count). The van der Waals surface area contributed by atoms with Gasteiger partial charge in [-0.2, -0.15) is 0 Å². The lowest BCUT2D eigenvalue weighted by molar-refractivity contribution is -0.138. The summed E-state index contributed by atoms with van der Waals surface area (Å²) in [6.45, 7) is 9.98. The zero-order valence-electron chi connectivity index (χ0n) is 9.88. The second kappa shape index (κ2) is 8.04. The molecule has 0 saturated carbocycles. The molecular formula is C13H20O2. The van der Waals surface area contributed by atoms with Gasteiger partial charge in [-0.1, -0.05) is 37.6 Å². The molecule has 2 heteroatoms. The number of rotatable bonds is 6. The normalized spacial score (nSPS) is 11.8. The van der Waals surface area contributed by atoms with E-state index < -0.39 is 0 Å². The van der Waals surface area contributed by atoms with E-state index in [0.29, 0.717) is 12.2 Å². The molecule has 0 unspecified atom stereocenters. The minimum absolute atomic E-state index is 0.261. The molecule has 84 valence electrons. The monoisotopic (exact) mass is 208 g/mol. The molecule has 15 heavy (non-hydrogen) atoms.